The average molecular weight is 372 g/mol. The van der Waals surface area contributed by atoms with Crippen LogP contribution in [0.1, 0.15) is 29.5 Å². The van der Waals surface area contributed by atoms with E-state index in [1.807, 2.05) is 42.0 Å². The number of carbonyl (C=O) groups excluding carboxylic acids is 1. The van der Waals surface area contributed by atoms with Crippen LogP contribution in [0.3, 0.4) is 0 Å². The Morgan fingerprint density at radius 1 is 1.26 bits per heavy atom. The highest BCUT2D eigenvalue weighted by atomic mass is 16.3. The number of hydrogen-bond acceptors (Lipinski definition) is 6. The fourth-order valence-electron chi connectivity index (χ4n) is 3.13. The van der Waals surface area contributed by atoms with E-state index in [9.17, 15) is 9.90 Å². The molecule has 1 atom stereocenters. The second-order valence-electron chi connectivity index (χ2n) is 7.42. The summed E-state index contributed by atoms with van der Waals surface area (Å²) in [7, 11) is 7.33. The lowest BCUT2D eigenvalue weighted by Crippen LogP contribution is -2.33. The van der Waals surface area contributed by atoms with Crippen LogP contribution in [0.5, 0.6) is 0 Å². The average Bonchev–Trinajstić information content (AvgIpc) is 3.05. The minimum Gasteiger partial charge on any atom is -0.386 e. The van der Waals surface area contributed by atoms with E-state index in [0.717, 1.165) is 37.7 Å². The van der Waals surface area contributed by atoms with Crippen LogP contribution < -0.4 is 4.90 Å². The van der Waals surface area contributed by atoms with Gasteiger partial charge >= 0.3 is 0 Å². The van der Waals surface area contributed by atoms with Crippen molar-refractivity contribution >= 4 is 11.7 Å². The smallest absolute Gasteiger partial charge is 0.225 e. The second kappa shape index (κ2) is 8.06. The van der Waals surface area contributed by atoms with Crippen molar-refractivity contribution in [1.29, 1.82) is 0 Å². The third-order valence-electron chi connectivity index (χ3n) is 4.78. The molecule has 0 radical (unpaired) electrons. The molecule has 1 aliphatic heterocycles. The molecule has 1 N–H and O–H groups in total. The van der Waals surface area contributed by atoms with Gasteiger partial charge in [0.15, 0.2) is 0 Å². The first-order chi connectivity index (χ1) is 12.8. The zero-order valence-corrected chi connectivity index (χ0v) is 16.5. The Kier molecular flexibility index (Phi) is 5.76. The minimum atomic E-state index is -0.866. The Hall–Kier alpha value is -2.45. The van der Waals surface area contributed by atoms with E-state index < -0.39 is 6.10 Å². The van der Waals surface area contributed by atoms with Crippen LogP contribution in [0.15, 0.2) is 24.4 Å². The predicted molar refractivity (Wildman–Crippen MR) is 103 cm³/mol. The van der Waals surface area contributed by atoms with Crippen molar-refractivity contribution in [3.63, 3.8) is 0 Å². The molecule has 0 saturated heterocycles. The van der Waals surface area contributed by atoms with Crippen LogP contribution in [-0.2, 0) is 24.4 Å². The Labute approximate surface area is 160 Å². The molecule has 3 rings (SSSR count). The van der Waals surface area contributed by atoms with Gasteiger partial charge in [-0.3, -0.25) is 14.4 Å². The normalized spacial score (nSPS) is 15.3. The maximum atomic E-state index is 11.8. The van der Waals surface area contributed by atoms with Gasteiger partial charge in [-0.25, -0.2) is 4.98 Å². The maximum Gasteiger partial charge on any atom is 0.225 e. The van der Waals surface area contributed by atoms with E-state index >= 15 is 0 Å². The Balaban J connectivity index is 1.62. The lowest BCUT2D eigenvalue weighted by Gasteiger charge is -2.27. The van der Waals surface area contributed by atoms with E-state index in [1.165, 1.54) is 10.5 Å². The van der Waals surface area contributed by atoms with Crippen LogP contribution in [-0.4, -0.2) is 70.3 Å². The Morgan fingerprint density at radius 3 is 2.67 bits per heavy atom. The summed E-state index contributed by atoms with van der Waals surface area (Å²) in [6.07, 6.45) is 1.11. The van der Waals surface area contributed by atoms with Gasteiger partial charge in [-0.05, 0) is 17.7 Å². The molecular formula is C19H28N6O2. The monoisotopic (exact) mass is 372 g/mol. The van der Waals surface area contributed by atoms with Crippen LogP contribution in [0, 0.1) is 0 Å². The van der Waals surface area contributed by atoms with Gasteiger partial charge in [-0.2, -0.15) is 5.10 Å². The van der Waals surface area contributed by atoms with Gasteiger partial charge in [0.05, 0.1) is 24.4 Å². The Morgan fingerprint density at radius 2 is 2.04 bits per heavy atom. The molecule has 2 aromatic heterocycles. The fourth-order valence-corrected chi connectivity index (χ4v) is 3.13. The zero-order chi connectivity index (χ0) is 19.6. The first kappa shape index (κ1) is 19.3. The summed E-state index contributed by atoms with van der Waals surface area (Å²) in [6.45, 7) is 3.24. The van der Waals surface area contributed by atoms with Gasteiger partial charge in [-0.15, -0.1) is 0 Å². The van der Waals surface area contributed by atoms with Gasteiger partial charge in [0.2, 0.25) is 5.91 Å². The summed E-state index contributed by atoms with van der Waals surface area (Å²) in [5.41, 5.74) is 2.80. The number of anilines is 1. The molecule has 8 nitrogen and oxygen atoms in total. The number of rotatable bonds is 6. The lowest BCUT2D eigenvalue weighted by molar-refractivity contribution is -0.130. The molecule has 0 saturated carbocycles. The highest BCUT2D eigenvalue weighted by molar-refractivity contribution is 5.76. The molecule has 0 bridgehead atoms. The minimum absolute atomic E-state index is 0.0526. The maximum absolute atomic E-state index is 11.8. The molecule has 2 aromatic rings. The Bertz CT molecular complexity index is 784. The van der Waals surface area contributed by atoms with Crippen molar-refractivity contribution < 1.29 is 9.90 Å². The number of aliphatic hydroxyl groups excluding tert-OH is 1. The molecule has 0 unspecified atom stereocenters. The molecule has 0 fully saturated rings. The van der Waals surface area contributed by atoms with Crippen LogP contribution in [0.4, 0.5) is 5.82 Å². The standard InChI is InChI=1S/C19H28N6O2/c1-22(2)18-6-5-14(11-20-18)12-24-7-8-25-15(13-24)9-16(21-25)17(26)10-19(27)23(3)4/h5-6,9,11,17,26H,7-8,10,12-13H2,1-4H3/t17-/m1/s1. The van der Waals surface area contributed by atoms with E-state index in [4.69, 9.17) is 0 Å². The van der Waals surface area contributed by atoms with E-state index in [0.29, 0.717) is 5.69 Å². The number of hydrogen-bond donors (Lipinski definition) is 1. The zero-order valence-electron chi connectivity index (χ0n) is 16.5. The van der Waals surface area contributed by atoms with Gasteiger partial charge in [0, 0.05) is 54.0 Å². The largest absolute Gasteiger partial charge is 0.386 e. The number of fused-ring (bicyclic) bond motifs is 1. The number of aromatic nitrogens is 3. The number of aliphatic hydroxyl groups is 1. The molecule has 0 aliphatic carbocycles. The topological polar surface area (TPSA) is 77.7 Å². The third-order valence-corrected chi connectivity index (χ3v) is 4.78. The van der Waals surface area contributed by atoms with Crippen molar-refractivity contribution in [2.45, 2.75) is 32.2 Å². The molecule has 0 spiro atoms. The predicted octanol–water partition coefficient (Wildman–Crippen LogP) is 0.872. The highest BCUT2D eigenvalue weighted by Crippen LogP contribution is 2.22. The van der Waals surface area contributed by atoms with Gasteiger partial charge in [-0.1, -0.05) is 6.07 Å². The van der Waals surface area contributed by atoms with Crippen LogP contribution >= 0.6 is 0 Å². The van der Waals surface area contributed by atoms with Crippen molar-refractivity contribution in [2.24, 2.45) is 0 Å². The molecule has 146 valence electrons. The van der Waals surface area contributed by atoms with E-state index in [2.05, 4.69) is 21.0 Å². The number of amides is 1. The van der Waals surface area contributed by atoms with Gasteiger partial charge < -0.3 is 14.9 Å². The molecule has 8 heteroatoms. The van der Waals surface area contributed by atoms with E-state index in [-0.39, 0.29) is 12.3 Å². The number of carbonyl (C=O) groups is 1. The molecule has 0 aromatic carbocycles. The second-order valence-corrected chi connectivity index (χ2v) is 7.42. The fraction of sp³-hybridized carbons (Fsp3) is 0.526. The summed E-state index contributed by atoms with van der Waals surface area (Å²) in [5.74, 6) is 0.838. The van der Waals surface area contributed by atoms with Gasteiger partial charge in [0.25, 0.3) is 0 Å². The molecular weight excluding hydrogens is 344 g/mol. The summed E-state index contributed by atoms with van der Waals surface area (Å²) in [6, 6.07) is 6.04. The van der Waals surface area contributed by atoms with Crippen molar-refractivity contribution in [3.05, 3.63) is 41.3 Å². The molecule has 1 amide bonds. The first-order valence-electron chi connectivity index (χ1n) is 9.13. The van der Waals surface area contributed by atoms with Crippen molar-refractivity contribution in [2.75, 3.05) is 39.6 Å². The van der Waals surface area contributed by atoms with Gasteiger partial charge in [0.1, 0.15) is 11.9 Å². The third kappa shape index (κ3) is 4.64. The molecule has 27 heavy (non-hydrogen) atoms. The van der Waals surface area contributed by atoms with Crippen LogP contribution in [0.25, 0.3) is 0 Å². The van der Waals surface area contributed by atoms with Crippen LogP contribution in [0.2, 0.25) is 0 Å². The van der Waals surface area contributed by atoms with Crippen molar-refractivity contribution in [3.8, 4) is 0 Å². The number of pyridine rings is 1. The SMILES string of the molecule is CN(C)C(=O)C[C@@H](O)c1cc2n(n1)CCN(Cc1ccc(N(C)C)nc1)C2. The molecule has 3 heterocycles. The first-order valence-corrected chi connectivity index (χ1v) is 9.13. The molecule has 1 aliphatic rings. The van der Waals surface area contributed by atoms with Crippen molar-refractivity contribution in [1.82, 2.24) is 24.6 Å². The quantitative estimate of drug-likeness (QED) is 0.811. The van der Waals surface area contributed by atoms with E-state index in [1.54, 1.807) is 14.1 Å². The summed E-state index contributed by atoms with van der Waals surface area (Å²) >= 11 is 0. The highest BCUT2D eigenvalue weighted by Gasteiger charge is 2.23. The lowest BCUT2D eigenvalue weighted by atomic mass is 10.1. The summed E-state index contributed by atoms with van der Waals surface area (Å²) in [4.78, 5) is 22.1. The number of nitrogens with zero attached hydrogens (tertiary/aromatic N) is 6. The summed E-state index contributed by atoms with van der Waals surface area (Å²) in [5, 5.41) is 14.8. The summed E-state index contributed by atoms with van der Waals surface area (Å²) < 4.78 is 1.93.